The number of nitrogens with one attached hydrogen (secondary N) is 1. The molecule has 2 rings (SSSR count). The quantitative estimate of drug-likeness (QED) is 0.869. The molecular weight excluding hydrogens is 289 g/mol. The lowest BCUT2D eigenvalue weighted by Gasteiger charge is -2.25. The smallest absolute Gasteiger partial charge is 0.211 e. The minimum absolute atomic E-state index is 0.0364. The lowest BCUT2D eigenvalue weighted by molar-refractivity contribution is 0.361. The van der Waals surface area contributed by atoms with Crippen molar-refractivity contribution < 1.29 is 12.8 Å². The number of benzene rings is 1. The summed E-state index contributed by atoms with van der Waals surface area (Å²) in [6, 6.07) is 5.02. The second-order valence-electron chi connectivity index (χ2n) is 4.94. The van der Waals surface area contributed by atoms with Crippen molar-refractivity contribution in [1.29, 1.82) is 0 Å². The van der Waals surface area contributed by atoms with Gasteiger partial charge in [0.25, 0.3) is 0 Å². The third-order valence-corrected chi connectivity index (χ3v) is 5.20. The first kappa shape index (κ1) is 14.8. The van der Waals surface area contributed by atoms with Gasteiger partial charge in [-0.25, -0.2) is 17.5 Å². The first-order valence-corrected chi connectivity index (χ1v) is 8.28. The molecule has 1 aliphatic rings. The van der Waals surface area contributed by atoms with Crippen molar-refractivity contribution in [3.63, 3.8) is 0 Å². The van der Waals surface area contributed by atoms with Crippen molar-refractivity contribution in [1.82, 2.24) is 4.72 Å². The summed E-state index contributed by atoms with van der Waals surface area (Å²) in [5.74, 6) is -0.291. The molecule has 1 aliphatic carbocycles. The molecule has 0 amide bonds. The van der Waals surface area contributed by atoms with Gasteiger partial charge in [0.2, 0.25) is 10.0 Å². The van der Waals surface area contributed by atoms with E-state index in [1.807, 2.05) is 0 Å². The Morgan fingerprint density at radius 2 is 2.16 bits per heavy atom. The molecule has 19 heavy (non-hydrogen) atoms. The number of rotatable bonds is 4. The van der Waals surface area contributed by atoms with Gasteiger partial charge in [-0.3, -0.25) is 0 Å². The molecule has 1 saturated carbocycles. The zero-order valence-electron chi connectivity index (χ0n) is 10.5. The molecule has 2 atom stereocenters. The molecule has 1 aromatic carbocycles. The van der Waals surface area contributed by atoms with E-state index in [2.05, 4.69) is 4.72 Å². The van der Waals surface area contributed by atoms with Gasteiger partial charge in [-0.05, 0) is 43.4 Å². The van der Waals surface area contributed by atoms with Gasteiger partial charge >= 0.3 is 0 Å². The maximum absolute atomic E-state index is 13.0. The molecule has 3 nitrogen and oxygen atoms in total. The fourth-order valence-corrected chi connectivity index (χ4v) is 3.91. The number of sulfonamides is 1. The summed E-state index contributed by atoms with van der Waals surface area (Å²) < 4.78 is 39.6. The second kappa shape index (κ2) is 6.20. The summed E-state index contributed by atoms with van der Waals surface area (Å²) in [5, 5.41) is 0.137. The van der Waals surface area contributed by atoms with Crippen LogP contribution in [0, 0.1) is 11.7 Å². The van der Waals surface area contributed by atoms with Crippen LogP contribution in [0.25, 0.3) is 0 Å². The van der Waals surface area contributed by atoms with E-state index in [1.165, 1.54) is 18.2 Å². The average Bonchev–Trinajstić information content (AvgIpc) is 2.37. The largest absolute Gasteiger partial charge is 0.240 e. The molecule has 1 N–H and O–H groups in total. The Morgan fingerprint density at radius 3 is 2.84 bits per heavy atom. The highest BCUT2D eigenvalue weighted by Gasteiger charge is 2.22. The number of hydrogen-bond donors (Lipinski definition) is 1. The molecule has 6 heteroatoms. The minimum Gasteiger partial charge on any atom is -0.211 e. The molecule has 0 radical (unpaired) electrons. The average molecular weight is 306 g/mol. The van der Waals surface area contributed by atoms with Gasteiger partial charge in [0.1, 0.15) is 5.82 Å². The van der Waals surface area contributed by atoms with Gasteiger partial charge in [-0.1, -0.05) is 12.5 Å². The summed E-state index contributed by atoms with van der Waals surface area (Å²) in [6.45, 7) is 0.363. The van der Waals surface area contributed by atoms with E-state index in [9.17, 15) is 12.8 Å². The number of alkyl halides is 1. The van der Waals surface area contributed by atoms with E-state index < -0.39 is 15.8 Å². The van der Waals surface area contributed by atoms with Crippen LogP contribution in [0.15, 0.2) is 29.2 Å². The molecule has 0 aromatic heterocycles. The van der Waals surface area contributed by atoms with Gasteiger partial charge in [-0.15, -0.1) is 11.6 Å². The van der Waals surface area contributed by atoms with E-state index >= 15 is 0 Å². The molecule has 106 valence electrons. The van der Waals surface area contributed by atoms with Gasteiger partial charge in [-0.2, -0.15) is 0 Å². The fourth-order valence-electron chi connectivity index (χ4n) is 2.36. The van der Waals surface area contributed by atoms with Crippen molar-refractivity contribution in [2.75, 3.05) is 6.54 Å². The van der Waals surface area contributed by atoms with Crippen LogP contribution in [-0.2, 0) is 10.0 Å². The van der Waals surface area contributed by atoms with Crippen molar-refractivity contribution in [2.24, 2.45) is 5.92 Å². The van der Waals surface area contributed by atoms with Crippen LogP contribution in [0.3, 0.4) is 0 Å². The Kier molecular flexibility index (Phi) is 4.81. The zero-order chi connectivity index (χ0) is 13.9. The van der Waals surface area contributed by atoms with Crippen molar-refractivity contribution >= 4 is 21.6 Å². The lowest BCUT2D eigenvalue weighted by atomic mass is 9.89. The normalized spacial score (nSPS) is 24.3. The van der Waals surface area contributed by atoms with E-state index in [4.69, 9.17) is 11.6 Å². The van der Waals surface area contributed by atoms with Gasteiger partial charge < -0.3 is 0 Å². The summed E-state index contributed by atoms with van der Waals surface area (Å²) in [7, 11) is -3.63. The third kappa shape index (κ3) is 4.16. The van der Waals surface area contributed by atoms with Crippen LogP contribution < -0.4 is 4.72 Å². The molecule has 0 spiro atoms. The van der Waals surface area contributed by atoms with E-state index in [0.717, 1.165) is 31.7 Å². The maximum Gasteiger partial charge on any atom is 0.240 e. The Morgan fingerprint density at radius 1 is 1.37 bits per heavy atom. The predicted octanol–water partition coefficient (Wildman–Crippen LogP) is 2.90. The molecule has 0 saturated heterocycles. The summed E-state index contributed by atoms with van der Waals surface area (Å²) in [4.78, 5) is -0.0364. The van der Waals surface area contributed by atoms with Crippen molar-refractivity contribution in [2.45, 2.75) is 36.0 Å². The highest BCUT2D eigenvalue weighted by Crippen LogP contribution is 2.27. The first-order valence-electron chi connectivity index (χ1n) is 6.36. The highest BCUT2D eigenvalue weighted by atomic mass is 35.5. The Balaban J connectivity index is 1.98. The minimum atomic E-state index is -3.63. The van der Waals surface area contributed by atoms with E-state index in [1.54, 1.807) is 0 Å². The standard InChI is InChI=1S/C13H17ClFNO2S/c14-11-4-1-3-10(7-11)9-16-19(17,18)13-6-2-5-12(15)8-13/h2,5-6,8,10-11,16H,1,3-4,7,9H2. The Labute approximate surface area is 118 Å². The molecule has 0 heterocycles. The van der Waals surface area contributed by atoms with Gasteiger partial charge in [0.05, 0.1) is 4.90 Å². The van der Waals surface area contributed by atoms with Crippen LogP contribution in [0.2, 0.25) is 0 Å². The van der Waals surface area contributed by atoms with Crippen molar-refractivity contribution in [3.8, 4) is 0 Å². The topological polar surface area (TPSA) is 46.2 Å². The van der Waals surface area contributed by atoms with Gasteiger partial charge in [0, 0.05) is 11.9 Å². The van der Waals surface area contributed by atoms with Crippen LogP contribution >= 0.6 is 11.6 Å². The van der Waals surface area contributed by atoms with Crippen LogP contribution in [0.4, 0.5) is 4.39 Å². The maximum atomic E-state index is 13.0. The molecule has 0 aliphatic heterocycles. The molecule has 1 aromatic rings. The SMILES string of the molecule is O=S(=O)(NCC1CCCC(Cl)C1)c1cccc(F)c1. The number of halogens is 2. The predicted molar refractivity (Wildman–Crippen MR) is 73.2 cm³/mol. The molecular formula is C13H17ClFNO2S. The summed E-state index contributed by atoms with van der Waals surface area (Å²) in [5.41, 5.74) is 0. The number of hydrogen-bond acceptors (Lipinski definition) is 2. The highest BCUT2D eigenvalue weighted by molar-refractivity contribution is 7.89. The van der Waals surface area contributed by atoms with Gasteiger partial charge in [0.15, 0.2) is 0 Å². The lowest BCUT2D eigenvalue weighted by Crippen LogP contribution is -2.32. The summed E-state index contributed by atoms with van der Waals surface area (Å²) in [6.07, 6.45) is 3.83. The second-order valence-corrected chi connectivity index (χ2v) is 7.32. The Hall–Kier alpha value is -0.650. The van der Waals surface area contributed by atoms with Crippen LogP contribution in [-0.4, -0.2) is 20.3 Å². The zero-order valence-corrected chi connectivity index (χ0v) is 12.1. The summed E-state index contributed by atoms with van der Waals surface area (Å²) >= 11 is 6.07. The molecule has 0 bridgehead atoms. The Bertz CT molecular complexity index is 535. The van der Waals surface area contributed by atoms with E-state index in [-0.39, 0.29) is 16.2 Å². The molecule has 1 fully saturated rings. The fraction of sp³-hybridized carbons (Fsp3) is 0.538. The molecule has 2 unspecified atom stereocenters. The van der Waals surface area contributed by atoms with Crippen molar-refractivity contribution in [3.05, 3.63) is 30.1 Å². The first-order chi connectivity index (χ1) is 8.97. The third-order valence-electron chi connectivity index (χ3n) is 3.39. The van der Waals surface area contributed by atoms with Crippen LogP contribution in [0.1, 0.15) is 25.7 Å². The monoisotopic (exact) mass is 305 g/mol. The van der Waals surface area contributed by atoms with E-state index in [0.29, 0.717) is 6.54 Å². The van der Waals surface area contributed by atoms with Crippen LogP contribution in [0.5, 0.6) is 0 Å².